The Bertz CT molecular complexity index is 836. The lowest BCUT2D eigenvalue weighted by molar-refractivity contribution is -0.147. The molecular formula is C45H89NO8. The predicted molar refractivity (Wildman–Crippen MR) is 223 cm³/mol. The summed E-state index contributed by atoms with van der Waals surface area (Å²) in [6, 6.07) is 0. The first-order valence-electron chi connectivity index (χ1n) is 22.5. The smallest absolute Gasteiger partial charge is 0.407 e. The number of nitrogens with one attached hydrogen (secondary N) is 1. The van der Waals surface area contributed by atoms with E-state index in [-0.39, 0.29) is 43.9 Å². The van der Waals surface area contributed by atoms with Crippen molar-refractivity contribution in [1.82, 2.24) is 5.32 Å². The van der Waals surface area contributed by atoms with Crippen LogP contribution in [0, 0.1) is 0 Å². The van der Waals surface area contributed by atoms with E-state index >= 15 is 0 Å². The number of rotatable bonds is 41. The number of carbonyl (C=O) groups is 2. The summed E-state index contributed by atoms with van der Waals surface area (Å²) in [4.78, 5) is 24.7. The van der Waals surface area contributed by atoms with Gasteiger partial charge in [-0.3, -0.25) is 4.79 Å². The lowest BCUT2D eigenvalue weighted by atomic mass is 10.0. The number of hydrogen-bond donors (Lipinski definition) is 1. The monoisotopic (exact) mass is 772 g/mol. The molecule has 0 radical (unpaired) electrons. The minimum Gasteiger partial charge on any atom is -0.466 e. The normalized spacial score (nSPS) is 12.6. The Morgan fingerprint density at radius 2 is 1.02 bits per heavy atom. The number of esters is 1. The molecule has 1 amide bonds. The van der Waals surface area contributed by atoms with Gasteiger partial charge in [-0.25, -0.2) is 4.79 Å². The molecule has 0 unspecified atom stereocenters. The number of methoxy groups -OCH3 is 1. The summed E-state index contributed by atoms with van der Waals surface area (Å²) >= 11 is 0. The number of ether oxygens (including phenoxy) is 6. The standard InChI is InChI=1S/C45H89NO8/c1-8-10-12-14-16-18-20-22-24-26-28-30-35-50-38-41(51-36-31-29-27-25-23-21-19-17-15-13-11-9-2)39-53-43(48)46-34-32-42(47)52-37-33-44(3,4)54-40-45(5,6)49-7/h41H,8-40H2,1-7H3,(H,46,48)/t41-/m1/s1. The number of alkyl carbamates (subject to hydrolysis) is 1. The molecule has 9 heteroatoms. The lowest BCUT2D eigenvalue weighted by Crippen LogP contribution is -2.36. The molecular weight excluding hydrogens is 682 g/mol. The van der Waals surface area contributed by atoms with Crippen molar-refractivity contribution in [3.05, 3.63) is 0 Å². The van der Waals surface area contributed by atoms with Gasteiger partial charge >= 0.3 is 12.1 Å². The molecule has 0 rings (SSSR count). The molecule has 322 valence electrons. The predicted octanol–water partition coefficient (Wildman–Crippen LogP) is 12.1. The molecule has 0 saturated carbocycles. The van der Waals surface area contributed by atoms with Crippen LogP contribution in [0.4, 0.5) is 4.79 Å². The van der Waals surface area contributed by atoms with E-state index < -0.39 is 11.7 Å². The molecule has 1 N–H and O–H groups in total. The van der Waals surface area contributed by atoms with Crippen molar-refractivity contribution in [3.63, 3.8) is 0 Å². The SMILES string of the molecule is CCCCCCCCCCCCCCOC[C@H](COC(=O)NCCC(=O)OCCC(C)(C)OCC(C)(C)OC)OCCCCCCCCCCCCCC. The van der Waals surface area contributed by atoms with Crippen LogP contribution in [0.25, 0.3) is 0 Å². The highest BCUT2D eigenvalue weighted by Gasteiger charge is 2.25. The number of hydrogen-bond acceptors (Lipinski definition) is 8. The highest BCUT2D eigenvalue weighted by molar-refractivity contribution is 5.71. The van der Waals surface area contributed by atoms with Gasteiger partial charge in [0.15, 0.2) is 0 Å². The molecule has 0 heterocycles. The van der Waals surface area contributed by atoms with Gasteiger partial charge in [-0.1, -0.05) is 155 Å². The molecule has 0 aromatic heterocycles. The van der Waals surface area contributed by atoms with Gasteiger partial charge in [0.1, 0.15) is 12.7 Å². The zero-order valence-corrected chi connectivity index (χ0v) is 36.7. The van der Waals surface area contributed by atoms with E-state index in [4.69, 9.17) is 28.4 Å². The molecule has 0 fully saturated rings. The molecule has 0 saturated heterocycles. The summed E-state index contributed by atoms with van der Waals surface area (Å²) < 4.78 is 34.3. The van der Waals surface area contributed by atoms with Crippen LogP contribution in [0.1, 0.15) is 208 Å². The Morgan fingerprint density at radius 3 is 1.50 bits per heavy atom. The Labute approximate surface area is 333 Å². The second-order valence-electron chi connectivity index (χ2n) is 16.6. The van der Waals surface area contributed by atoms with Gasteiger partial charge in [-0.2, -0.15) is 0 Å². The number of unbranched alkanes of at least 4 members (excludes halogenated alkanes) is 22. The molecule has 54 heavy (non-hydrogen) atoms. The van der Waals surface area contributed by atoms with Gasteiger partial charge in [0.05, 0.1) is 37.4 Å². The summed E-state index contributed by atoms with van der Waals surface area (Å²) in [7, 11) is 1.66. The third kappa shape index (κ3) is 37.5. The second kappa shape index (κ2) is 37.2. The fourth-order valence-corrected chi connectivity index (χ4v) is 6.07. The summed E-state index contributed by atoms with van der Waals surface area (Å²) in [5.74, 6) is -0.377. The van der Waals surface area contributed by atoms with E-state index in [1.54, 1.807) is 7.11 Å². The van der Waals surface area contributed by atoms with Gasteiger partial charge < -0.3 is 33.7 Å². The lowest BCUT2D eigenvalue weighted by Gasteiger charge is -2.31. The molecule has 0 aromatic carbocycles. The van der Waals surface area contributed by atoms with E-state index in [1.807, 2.05) is 27.7 Å². The minimum atomic E-state index is -0.571. The van der Waals surface area contributed by atoms with Crippen LogP contribution in [0.2, 0.25) is 0 Å². The zero-order chi connectivity index (χ0) is 40.0. The molecule has 1 atom stereocenters. The van der Waals surface area contributed by atoms with Crippen LogP contribution >= 0.6 is 0 Å². The number of amides is 1. The van der Waals surface area contributed by atoms with Crippen LogP contribution in [-0.4, -0.2) is 82.7 Å². The highest BCUT2D eigenvalue weighted by atomic mass is 16.6. The topological polar surface area (TPSA) is 102 Å². The average Bonchev–Trinajstić information content (AvgIpc) is 3.14. The summed E-state index contributed by atoms with van der Waals surface area (Å²) in [6.07, 6.45) is 31.0. The van der Waals surface area contributed by atoms with Crippen molar-refractivity contribution >= 4 is 12.1 Å². The van der Waals surface area contributed by atoms with Crippen molar-refractivity contribution in [2.24, 2.45) is 0 Å². The van der Waals surface area contributed by atoms with Crippen LogP contribution in [-0.2, 0) is 33.2 Å². The van der Waals surface area contributed by atoms with E-state index in [2.05, 4.69) is 19.2 Å². The van der Waals surface area contributed by atoms with E-state index in [0.29, 0.717) is 32.8 Å². The summed E-state index contributed by atoms with van der Waals surface area (Å²) in [5.41, 5.74) is -0.842. The molecule has 0 aromatic rings. The van der Waals surface area contributed by atoms with Crippen molar-refractivity contribution in [3.8, 4) is 0 Å². The highest BCUT2D eigenvalue weighted by Crippen LogP contribution is 2.19. The van der Waals surface area contributed by atoms with Crippen LogP contribution in [0.15, 0.2) is 0 Å². The second-order valence-corrected chi connectivity index (χ2v) is 16.6. The van der Waals surface area contributed by atoms with Crippen LogP contribution in [0.3, 0.4) is 0 Å². The average molecular weight is 772 g/mol. The first-order valence-corrected chi connectivity index (χ1v) is 22.5. The first kappa shape index (κ1) is 52.6. The molecule has 0 aliphatic rings. The van der Waals surface area contributed by atoms with E-state index in [9.17, 15) is 9.59 Å². The summed E-state index contributed by atoms with van der Waals surface area (Å²) in [5, 5.41) is 2.66. The minimum absolute atomic E-state index is 0.0636. The van der Waals surface area contributed by atoms with Gasteiger partial charge in [-0.15, -0.1) is 0 Å². The first-order chi connectivity index (χ1) is 26.0. The molecule has 9 nitrogen and oxygen atoms in total. The van der Waals surface area contributed by atoms with Crippen molar-refractivity contribution < 1.29 is 38.0 Å². The fraction of sp³-hybridized carbons (Fsp3) is 0.956. The van der Waals surface area contributed by atoms with Gasteiger partial charge in [0, 0.05) is 33.3 Å². The van der Waals surface area contributed by atoms with Gasteiger partial charge in [0.2, 0.25) is 0 Å². The van der Waals surface area contributed by atoms with Crippen LogP contribution < -0.4 is 5.32 Å². The molecule has 0 spiro atoms. The van der Waals surface area contributed by atoms with E-state index in [0.717, 1.165) is 19.3 Å². The maximum Gasteiger partial charge on any atom is 0.407 e. The maximum absolute atomic E-state index is 12.4. The Kier molecular flexibility index (Phi) is 36.2. The van der Waals surface area contributed by atoms with E-state index in [1.165, 1.54) is 135 Å². The van der Waals surface area contributed by atoms with Crippen molar-refractivity contribution in [1.29, 1.82) is 0 Å². The van der Waals surface area contributed by atoms with Crippen LogP contribution in [0.5, 0.6) is 0 Å². The Hall–Kier alpha value is -1.42. The van der Waals surface area contributed by atoms with Gasteiger partial charge in [0.25, 0.3) is 0 Å². The largest absolute Gasteiger partial charge is 0.466 e. The Balaban J connectivity index is 4.32. The number of carbonyl (C=O) groups excluding carboxylic acids is 2. The molecule has 0 bridgehead atoms. The molecule has 0 aliphatic carbocycles. The Morgan fingerprint density at radius 1 is 0.556 bits per heavy atom. The zero-order valence-electron chi connectivity index (χ0n) is 36.7. The fourth-order valence-electron chi connectivity index (χ4n) is 6.07. The summed E-state index contributed by atoms with van der Waals surface area (Å²) in [6.45, 7) is 15.0. The quantitative estimate of drug-likeness (QED) is 0.0484. The molecule has 0 aliphatic heterocycles. The van der Waals surface area contributed by atoms with Crippen molar-refractivity contribution in [2.75, 3.05) is 53.3 Å². The maximum atomic E-state index is 12.4. The van der Waals surface area contributed by atoms with Crippen molar-refractivity contribution in [2.45, 2.75) is 226 Å². The third-order valence-corrected chi connectivity index (χ3v) is 10.1. The van der Waals surface area contributed by atoms with Gasteiger partial charge in [-0.05, 0) is 40.5 Å². The third-order valence-electron chi connectivity index (χ3n) is 10.1.